The summed E-state index contributed by atoms with van der Waals surface area (Å²) in [4.78, 5) is 2.41. The maximum atomic E-state index is 4.02. The molecule has 1 aromatic heterocycles. The van der Waals surface area contributed by atoms with E-state index in [0.717, 1.165) is 35.7 Å². The topological polar surface area (TPSA) is 20.2 Å². The van der Waals surface area contributed by atoms with E-state index in [-0.39, 0.29) is 5.41 Å². The van der Waals surface area contributed by atoms with Crippen LogP contribution in [0, 0.1) is 13.8 Å². The predicted molar refractivity (Wildman–Crippen MR) is 244 cm³/mol. The molecule has 0 unspecified atom stereocenters. The molecule has 0 saturated heterocycles. The number of nitrogens with one attached hydrogen (secondary N) is 1. The first-order valence-electron chi connectivity index (χ1n) is 20.1. The Morgan fingerprint density at radius 2 is 1.23 bits per heavy atom. The van der Waals surface area contributed by atoms with Crippen molar-refractivity contribution in [2.75, 3.05) is 10.2 Å². The molecule has 2 heterocycles. The fourth-order valence-corrected chi connectivity index (χ4v) is 9.84. The first-order chi connectivity index (χ1) is 27.8. The number of para-hydroxylation sites is 4. The minimum absolute atomic E-state index is 0.142. The molecule has 57 heavy (non-hydrogen) atoms. The number of rotatable bonds is 6. The molecule has 11 rings (SSSR count). The molecule has 0 amide bonds. The Morgan fingerprint density at radius 3 is 2.00 bits per heavy atom. The molecule has 0 spiro atoms. The molecule has 0 fully saturated rings. The molecule has 0 bridgehead atoms. The molecule has 3 nitrogen and oxygen atoms in total. The van der Waals surface area contributed by atoms with Crippen LogP contribution in [-0.2, 0) is 5.41 Å². The standard InChI is InChI=1S/C53H42BN3/c1-33-26-27-47(34(2)28-33)55-48-32-45-41(38-20-11-13-23-44(38)53(45,3)4)31-42(48)43-29-37(56(35-16-7-5-8-17-35)36-18-9-6-10-19-36)30-50-51(43)54-46-24-15-22-40-39-21-12-14-25-49(39)57(50)52(40)46/h5-32,54-55H,1-4H3. The van der Waals surface area contributed by atoms with Crippen molar-refractivity contribution in [1.82, 2.24) is 4.57 Å². The Balaban J connectivity index is 1.26. The largest absolute Gasteiger partial charge is 0.355 e. The first kappa shape index (κ1) is 33.6. The number of hydrogen-bond donors (Lipinski definition) is 1. The van der Waals surface area contributed by atoms with Crippen molar-refractivity contribution in [3.8, 4) is 27.9 Å². The van der Waals surface area contributed by atoms with Crippen LogP contribution in [0.4, 0.5) is 28.4 Å². The predicted octanol–water partition coefficient (Wildman–Crippen LogP) is 12.3. The third kappa shape index (κ3) is 5.13. The maximum Gasteiger partial charge on any atom is 0.198 e. The maximum absolute atomic E-state index is 4.02. The quantitative estimate of drug-likeness (QED) is 0.172. The van der Waals surface area contributed by atoms with Crippen LogP contribution in [-0.4, -0.2) is 11.8 Å². The van der Waals surface area contributed by atoms with E-state index in [1.807, 2.05) is 0 Å². The number of anilines is 5. The van der Waals surface area contributed by atoms with Crippen molar-refractivity contribution in [2.45, 2.75) is 33.1 Å². The highest BCUT2D eigenvalue weighted by Gasteiger charge is 2.37. The average Bonchev–Trinajstić information content (AvgIpc) is 3.69. The number of benzene rings is 8. The van der Waals surface area contributed by atoms with Gasteiger partial charge in [-0.3, -0.25) is 0 Å². The summed E-state index contributed by atoms with van der Waals surface area (Å²) < 4.78 is 2.54. The Hall–Kier alpha value is -6.78. The molecule has 1 N–H and O–H groups in total. The van der Waals surface area contributed by atoms with Gasteiger partial charge in [0, 0.05) is 61.4 Å². The Labute approximate surface area is 335 Å². The SMILES string of the molecule is Cc1ccc(Nc2cc3c(cc2-c2cc(N(c4ccccc4)c4ccccc4)cc4c2Bc2cccc5c6ccccc6n-4c25)-c2ccccc2C3(C)C)c(C)c1. The number of aromatic nitrogens is 1. The summed E-state index contributed by atoms with van der Waals surface area (Å²) >= 11 is 0. The van der Waals surface area contributed by atoms with E-state index in [9.17, 15) is 0 Å². The van der Waals surface area contributed by atoms with Gasteiger partial charge in [0.25, 0.3) is 0 Å². The molecular weight excluding hydrogens is 689 g/mol. The molecule has 1 aliphatic carbocycles. The third-order valence-electron chi connectivity index (χ3n) is 12.5. The number of hydrogen-bond acceptors (Lipinski definition) is 2. The highest BCUT2D eigenvalue weighted by Crippen LogP contribution is 2.52. The summed E-state index contributed by atoms with van der Waals surface area (Å²) in [5, 5.41) is 6.61. The van der Waals surface area contributed by atoms with Gasteiger partial charge in [-0.15, -0.1) is 0 Å². The summed E-state index contributed by atoms with van der Waals surface area (Å²) in [6.07, 6.45) is 0. The molecule has 1 aliphatic heterocycles. The smallest absolute Gasteiger partial charge is 0.198 e. The zero-order chi connectivity index (χ0) is 38.4. The van der Waals surface area contributed by atoms with E-state index in [2.05, 4.69) is 212 Å². The summed E-state index contributed by atoms with van der Waals surface area (Å²) in [5.74, 6) is 0. The number of aryl methyl sites for hydroxylation is 2. The van der Waals surface area contributed by atoms with E-state index < -0.39 is 0 Å². The second-order valence-electron chi connectivity index (χ2n) is 16.4. The number of nitrogens with zero attached hydrogens (tertiary/aromatic N) is 2. The Morgan fingerprint density at radius 1 is 0.526 bits per heavy atom. The van der Waals surface area contributed by atoms with Crippen LogP contribution in [0.15, 0.2) is 170 Å². The fraction of sp³-hybridized carbons (Fsp3) is 0.0943. The van der Waals surface area contributed by atoms with E-state index in [0.29, 0.717) is 0 Å². The lowest BCUT2D eigenvalue weighted by atomic mass is 9.59. The lowest BCUT2D eigenvalue weighted by molar-refractivity contribution is 0.660. The summed E-state index contributed by atoms with van der Waals surface area (Å²) in [6, 6.07) is 62.9. The van der Waals surface area contributed by atoms with Crippen molar-refractivity contribution in [3.63, 3.8) is 0 Å². The van der Waals surface area contributed by atoms with Crippen LogP contribution in [0.25, 0.3) is 49.7 Å². The lowest BCUT2D eigenvalue weighted by Crippen LogP contribution is -2.37. The fourth-order valence-electron chi connectivity index (χ4n) is 9.84. The van der Waals surface area contributed by atoms with Gasteiger partial charge in [0.2, 0.25) is 0 Å². The molecule has 9 aromatic rings. The van der Waals surface area contributed by atoms with Crippen molar-refractivity contribution < 1.29 is 0 Å². The zero-order valence-electron chi connectivity index (χ0n) is 32.8. The monoisotopic (exact) mass is 731 g/mol. The molecule has 0 atom stereocenters. The Kier molecular flexibility index (Phi) is 7.43. The van der Waals surface area contributed by atoms with Crippen LogP contribution >= 0.6 is 0 Å². The van der Waals surface area contributed by atoms with Gasteiger partial charge in [-0.25, -0.2) is 0 Å². The van der Waals surface area contributed by atoms with E-state index in [1.165, 1.54) is 82.9 Å². The van der Waals surface area contributed by atoms with Crippen LogP contribution < -0.4 is 21.1 Å². The van der Waals surface area contributed by atoms with Crippen LogP contribution in [0.2, 0.25) is 0 Å². The van der Waals surface area contributed by atoms with Crippen molar-refractivity contribution in [3.05, 3.63) is 192 Å². The third-order valence-corrected chi connectivity index (χ3v) is 12.5. The zero-order valence-corrected chi connectivity index (χ0v) is 32.8. The number of fused-ring (bicyclic) bond motifs is 8. The second kappa shape index (κ2) is 12.6. The molecule has 4 heteroatoms. The molecule has 2 aliphatic rings. The first-order valence-corrected chi connectivity index (χ1v) is 20.1. The molecule has 0 radical (unpaired) electrons. The second-order valence-corrected chi connectivity index (χ2v) is 16.4. The van der Waals surface area contributed by atoms with Gasteiger partial charge in [0.05, 0.1) is 5.52 Å². The van der Waals surface area contributed by atoms with Crippen LogP contribution in [0.1, 0.15) is 36.1 Å². The minimum Gasteiger partial charge on any atom is -0.355 e. The molecule has 272 valence electrons. The van der Waals surface area contributed by atoms with E-state index in [1.54, 1.807) is 0 Å². The van der Waals surface area contributed by atoms with Gasteiger partial charge >= 0.3 is 0 Å². The normalized spacial score (nSPS) is 13.2. The lowest BCUT2D eigenvalue weighted by Gasteiger charge is -2.31. The molecular formula is C53H42BN3. The van der Waals surface area contributed by atoms with E-state index in [4.69, 9.17) is 0 Å². The molecule has 0 saturated carbocycles. The summed E-state index contributed by atoms with van der Waals surface area (Å²) in [7, 11) is 0.831. The van der Waals surface area contributed by atoms with Gasteiger partial charge in [-0.2, -0.15) is 0 Å². The Bertz CT molecular complexity index is 3030. The van der Waals surface area contributed by atoms with Crippen molar-refractivity contribution >= 4 is 68.4 Å². The van der Waals surface area contributed by atoms with Crippen LogP contribution in [0.3, 0.4) is 0 Å². The van der Waals surface area contributed by atoms with Crippen molar-refractivity contribution in [1.29, 1.82) is 0 Å². The summed E-state index contributed by atoms with van der Waals surface area (Å²) in [6.45, 7) is 9.12. The highest BCUT2D eigenvalue weighted by atomic mass is 15.1. The van der Waals surface area contributed by atoms with Gasteiger partial charge in [0.15, 0.2) is 7.28 Å². The van der Waals surface area contributed by atoms with E-state index >= 15 is 0 Å². The average molecular weight is 732 g/mol. The van der Waals surface area contributed by atoms with Gasteiger partial charge in [-0.1, -0.05) is 134 Å². The minimum atomic E-state index is -0.142. The van der Waals surface area contributed by atoms with Crippen LogP contribution in [0.5, 0.6) is 0 Å². The van der Waals surface area contributed by atoms with Gasteiger partial charge < -0.3 is 14.8 Å². The highest BCUT2D eigenvalue weighted by molar-refractivity contribution is 6.73. The van der Waals surface area contributed by atoms with Gasteiger partial charge in [-0.05, 0) is 113 Å². The summed E-state index contributed by atoms with van der Waals surface area (Å²) in [5.41, 5.74) is 22.2. The molecule has 8 aromatic carbocycles. The van der Waals surface area contributed by atoms with Gasteiger partial charge in [0.1, 0.15) is 0 Å². The van der Waals surface area contributed by atoms with Crippen molar-refractivity contribution in [2.24, 2.45) is 0 Å².